The molecule has 126 valence electrons. The van der Waals surface area contributed by atoms with Gasteiger partial charge in [-0.05, 0) is 42.3 Å². The highest BCUT2D eigenvalue weighted by Gasteiger charge is 2.32. The van der Waals surface area contributed by atoms with Crippen LogP contribution in [0.15, 0.2) is 48.5 Å². The Kier molecular flexibility index (Phi) is 5.30. The summed E-state index contributed by atoms with van der Waals surface area (Å²) in [7, 11) is 1.65. The van der Waals surface area contributed by atoms with Gasteiger partial charge in [-0.15, -0.1) is 11.8 Å². The number of nitrogens with zero attached hydrogens (tertiary/aromatic N) is 1. The minimum atomic E-state index is 0.0278. The molecule has 2 aromatic rings. The third-order valence-electron chi connectivity index (χ3n) is 3.93. The lowest BCUT2D eigenvalue weighted by molar-refractivity contribution is -0.128. The summed E-state index contributed by atoms with van der Waals surface area (Å²) >= 11 is 1.66. The van der Waals surface area contributed by atoms with Crippen molar-refractivity contribution in [1.29, 1.82) is 0 Å². The standard InChI is InChI=1S/C19H21NO3S/c1-3-23-17-6-4-5-15(11-17)19-20(18(21)13-24-19)12-14-7-9-16(22-2)10-8-14/h4-11,19H,3,12-13H2,1-2H3. The fourth-order valence-corrected chi connectivity index (χ4v) is 3.93. The predicted octanol–water partition coefficient (Wildman–Crippen LogP) is 3.87. The molecule has 0 aromatic heterocycles. The van der Waals surface area contributed by atoms with Gasteiger partial charge in [-0.25, -0.2) is 0 Å². The molecule has 0 N–H and O–H groups in total. The maximum Gasteiger partial charge on any atom is 0.234 e. The summed E-state index contributed by atoms with van der Waals surface area (Å²) in [4.78, 5) is 14.3. The Morgan fingerprint density at radius 1 is 1.17 bits per heavy atom. The van der Waals surface area contributed by atoms with E-state index in [0.717, 1.165) is 22.6 Å². The summed E-state index contributed by atoms with van der Waals surface area (Å²) in [5.74, 6) is 2.35. The molecule has 0 saturated carbocycles. The average Bonchev–Trinajstić information content (AvgIpc) is 2.97. The van der Waals surface area contributed by atoms with Crippen LogP contribution in [0.4, 0.5) is 0 Å². The lowest BCUT2D eigenvalue weighted by atomic mass is 10.1. The summed E-state index contributed by atoms with van der Waals surface area (Å²) in [5.41, 5.74) is 2.20. The van der Waals surface area contributed by atoms with Crippen molar-refractivity contribution in [3.63, 3.8) is 0 Å². The van der Waals surface area contributed by atoms with Crippen LogP contribution in [-0.2, 0) is 11.3 Å². The van der Waals surface area contributed by atoms with Gasteiger partial charge in [0.25, 0.3) is 0 Å². The van der Waals surface area contributed by atoms with Crippen LogP contribution in [0, 0.1) is 0 Å². The largest absolute Gasteiger partial charge is 0.497 e. The summed E-state index contributed by atoms with van der Waals surface area (Å²) in [6.45, 7) is 3.20. The Labute approximate surface area is 146 Å². The third kappa shape index (κ3) is 3.67. The number of hydrogen-bond acceptors (Lipinski definition) is 4. The number of methoxy groups -OCH3 is 1. The molecule has 2 aromatic carbocycles. The fourth-order valence-electron chi connectivity index (χ4n) is 2.75. The average molecular weight is 343 g/mol. The molecule has 0 aliphatic carbocycles. The topological polar surface area (TPSA) is 38.8 Å². The van der Waals surface area contributed by atoms with E-state index in [2.05, 4.69) is 6.07 Å². The Hall–Kier alpha value is -2.14. The molecule has 5 heteroatoms. The van der Waals surface area contributed by atoms with E-state index < -0.39 is 0 Å². The molecule has 4 nitrogen and oxygen atoms in total. The van der Waals surface area contributed by atoms with Gasteiger partial charge in [-0.2, -0.15) is 0 Å². The number of carbonyl (C=O) groups is 1. The first-order valence-corrected chi connectivity index (χ1v) is 9.03. The molecule has 0 bridgehead atoms. The lowest BCUT2D eigenvalue weighted by Crippen LogP contribution is -2.27. The second kappa shape index (κ2) is 7.62. The molecule has 24 heavy (non-hydrogen) atoms. The smallest absolute Gasteiger partial charge is 0.234 e. The molecular weight excluding hydrogens is 322 g/mol. The van der Waals surface area contributed by atoms with E-state index in [9.17, 15) is 4.79 Å². The molecule has 1 aliphatic heterocycles. The molecule has 1 atom stereocenters. The van der Waals surface area contributed by atoms with Gasteiger partial charge in [0.2, 0.25) is 5.91 Å². The third-order valence-corrected chi connectivity index (χ3v) is 5.19. The molecule has 0 spiro atoms. The zero-order valence-corrected chi connectivity index (χ0v) is 14.7. The van der Waals surface area contributed by atoms with Crippen molar-refractivity contribution >= 4 is 17.7 Å². The molecule has 1 saturated heterocycles. The molecule has 1 amide bonds. The van der Waals surface area contributed by atoms with Gasteiger partial charge in [-0.3, -0.25) is 4.79 Å². The van der Waals surface area contributed by atoms with Crippen molar-refractivity contribution in [3.05, 3.63) is 59.7 Å². The molecule has 1 fully saturated rings. The van der Waals surface area contributed by atoms with Crippen molar-refractivity contribution in [1.82, 2.24) is 4.90 Å². The summed E-state index contributed by atoms with van der Waals surface area (Å²) in [6.07, 6.45) is 0. The Bertz CT molecular complexity index is 702. The second-order valence-corrected chi connectivity index (χ2v) is 6.61. The predicted molar refractivity (Wildman–Crippen MR) is 96.4 cm³/mol. The van der Waals surface area contributed by atoms with E-state index in [1.54, 1.807) is 18.9 Å². The van der Waals surface area contributed by atoms with Crippen molar-refractivity contribution in [2.75, 3.05) is 19.5 Å². The number of hydrogen-bond donors (Lipinski definition) is 0. The van der Waals surface area contributed by atoms with Crippen LogP contribution in [0.1, 0.15) is 23.4 Å². The number of thioether (sulfide) groups is 1. The highest BCUT2D eigenvalue weighted by Crippen LogP contribution is 2.40. The summed E-state index contributed by atoms with van der Waals surface area (Å²) in [6, 6.07) is 15.9. The Balaban J connectivity index is 1.79. The number of rotatable bonds is 6. The van der Waals surface area contributed by atoms with Gasteiger partial charge >= 0.3 is 0 Å². The van der Waals surface area contributed by atoms with E-state index in [1.165, 1.54) is 0 Å². The first-order valence-electron chi connectivity index (χ1n) is 7.98. The number of amides is 1. The van der Waals surface area contributed by atoms with E-state index in [-0.39, 0.29) is 11.3 Å². The van der Waals surface area contributed by atoms with Crippen molar-refractivity contribution in [3.8, 4) is 11.5 Å². The summed E-state index contributed by atoms with van der Waals surface area (Å²) < 4.78 is 10.8. The first kappa shape index (κ1) is 16.7. The fraction of sp³-hybridized carbons (Fsp3) is 0.316. The normalized spacial score (nSPS) is 17.2. The van der Waals surface area contributed by atoms with E-state index >= 15 is 0 Å². The lowest BCUT2D eigenvalue weighted by Gasteiger charge is -2.24. The number of carbonyl (C=O) groups excluding carboxylic acids is 1. The van der Waals surface area contributed by atoms with Crippen LogP contribution in [0.2, 0.25) is 0 Å². The monoisotopic (exact) mass is 343 g/mol. The van der Waals surface area contributed by atoms with Gasteiger partial charge in [0.15, 0.2) is 0 Å². The van der Waals surface area contributed by atoms with Gasteiger partial charge in [-0.1, -0.05) is 24.3 Å². The van der Waals surface area contributed by atoms with Crippen LogP contribution >= 0.6 is 11.8 Å². The molecule has 0 radical (unpaired) electrons. The van der Waals surface area contributed by atoms with Crippen molar-refractivity contribution in [2.24, 2.45) is 0 Å². The zero-order chi connectivity index (χ0) is 16.9. The maximum atomic E-state index is 12.3. The van der Waals surface area contributed by atoms with Gasteiger partial charge < -0.3 is 14.4 Å². The zero-order valence-electron chi connectivity index (χ0n) is 13.9. The van der Waals surface area contributed by atoms with Crippen LogP contribution in [-0.4, -0.2) is 30.3 Å². The molecule has 1 aliphatic rings. The Morgan fingerprint density at radius 3 is 2.67 bits per heavy atom. The minimum Gasteiger partial charge on any atom is -0.497 e. The SMILES string of the molecule is CCOc1cccc(C2SCC(=O)N2Cc2ccc(OC)cc2)c1. The quantitative estimate of drug-likeness (QED) is 0.798. The minimum absolute atomic E-state index is 0.0278. The first-order chi connectivity index (χ1) is 11.7. The van der Waals surface area contributed by atoms with Crippen LogP contribution in [0.3, 0.4) is 0 Å². The van der Waals surface area contributed by atoms with Crippen LogP contribution < -0.4 is 9.47 Å². The summed E-state index contributed by atoms with van der Waals surface area (Å²) in [5, 5.41) is 0.0278. The second-order valence-electron chi connectivity index (χ2n) is 5.54. The molecule has 1 heterocycles. The van der Waals surface area contributed by atoms with Crippen LogP contribution in [0.5, 0.6) is 11.5 Å². The molecule has 1 unspecified atom stereocenters. The van der Waals surface area contributed by atoms with Gasteiger partial charge in [0, 0.05) is 6.54 Å². The maximum absolute atomic E-state index is 12.3. The Morgan fingerprint density at radius 2 is 1.96 bits per heavy atom. The highest BCUT2D eigenvalue weighted by atomic mass is 32.2. The van der Waals surface area contributed by atoms with E-state index in [4.69, 9.17) is 9.47 Å². The van der Waals surface area contributed by atoms with Crippen molar-refractivity contribution < 1.29 is 14.3 Å². The van der Waals surface area contributed by atoms with E-state index in [1.807, 2.05) is 54.3 Å². The highest BCUT2D eigenvalue weighted by molar-refractivity contribution is 8.00. The molecular formula is C19H21NO3S. The van der Waals surface area contributed by atoms with Crippen LogP contribution in [0.25, 0.3) is 0 Å². The van der Waals surface area contributed by atoms with Gasteiger partial charge in [0.05, 0.1) is 19.5 Å². The number of ether oxygens (including phenoxy) is 2. The van der Waals surface area contributed by atoms with E-state index in [0.29, 0.717) is 18.9 Å². The van der Waals surface area contributed by atoms with Crippen molar-refractivity contribution in [2.45, 2.75) is 18.8 Å². The van der Waals surface area contributed by atoms with Gasteiger partial charge in [0.1, 0.15) is 16.9 Å². The molecule has 3 rings (SSSR count). The number of benzene rings is 2.